The first-order valence-corrected chi connectivity index (χ1v) is 8.65. The molecule has 1 amide bonds. The number of esters is 1. The van der Waals surface area contributed by atoms with Gasteiger partial charge in [-0.3, -0.25) is 9.59 Å². The highest BCUT2D eigenvalue weighted by Crippen LogP contribution is 2.42. The standard InChI is InChI=1S/C21H20N2O3/c1-15(24)26-19-10-9-18(13-16(19)14-22)23-20(25)21(11-5-6-12-21)17-7-3-2-4-8-17/h2-4,7-10,13H,5-6,11-12H2,1H3,(H,23,25). The summed E-state index contributed by atoms with van der Waals surface area (Å²) in [5.41, 5.74) is 1.21. The second-order valence-corrected chi connectivity index (χ2v) is 6.53. The molecule has 2 aromatic carbocycles. The van der Waals surface area contributed by atoms with Crippen molar-refractivity contribution in [2.75, 3.05) is 5.32 Å². The summed E-state index contributed by atoms with van der Waals surface area (Å²) >= 11 is 0. The molecule has 0 radical (unpaired) electrons. The van der Waals surface area contributed by atoms with Crippen molar-refractivity contribution in [3.8, 4) is 11.8 Å². The van der Waals surface area contributed by atoms with Crippen LogP contribution in [-0.4, -0.2) is 11.9 Å². The van der Waals surface area contributed by atoms with Crippen LogP contribution in [0.4, 0.5) is 5.69 Å². The minimum atomic E-state index is -0.539. The number of benzene rings is 2. The SMILES string of the molecule is CC(=O)Oc1ccc(NC(=O)C2(c3ccccc3)CCCC2)cc1C#N. The maximum atomic E-state index is 13.1. The summed E-state index contributed by atoms with van der Waals surface area (Å²) in [7, 11) is 0. The molecule has 1 aliphatic carbocycles. The molecule has 2 aromatic rings. The number of carbonyl (C=O) groups is 2. The minimum Gasteiger partial charge on any atom is -0.425 e. The smallest absolute Gasteiger partial charge is 0.308 e. The molecular weight excluding hydrogens is 328 g/mol. The molecular formula is C21H20N2O3. The maximum absolute atomic E-state index is 13.1. The Kier molecular flexibility index (Phi) is 5.04. The van der Waals surface area contributed by atoms with Gasteiger partial charge in [-0.25, -0.2) is 0 Å². The molecule has 1 aliphatic rings. The van der Waals surface area contributed by atoms with E-state index in [1.165, 1.54) is 19.1 Å². The van der Waals surface area contributed by atoms with Crippen molar-refractivity contribution in [3.05, 3.63) is 59.7 Å². The van der Waals surface area contributed by atoms with Gasteiger partial charge >= 0.3 is 5.97 Å². The third-order valence-electron chi connectivity index (χ3n) is 4.83. The second kappa shape index (κ2) is 7.40. The highest BCUT2D eigenvalue weighted by Gasteiger charge is 2.42. The van der Waals surface area contributed by atoms with Crippen LogP contribution in [-0.2, 0) is 15.0 Å². The van der Waals surface area contributed by atoms with E-state index in [-0.39, 0.29) is 17.2 Å². The van der Waals surface area contributed by atoms with Crippen molar-refractivity contribution in [1.82, 2.24) is 0 Å². The van der Waals surface area contributed by atoms with Crippen molar-refractivity contribution < 1.29 is 14.3 Å². The Morgan fingerprint density at radius 3 is 2.42 bits per heavy atom. The normalized spacial score (nSPS) is 15.1. The molecule has 0 saturated heterocycles. The van der Waals surface area contributed by atoms with Gasteiger partial charge in [-0.2, -0.15) is 5.26 Å². The molecule has 26 heavy (non-hydrogen) atoms. The molecule has 1 N–H and O–H groups in total. The summed E-state index contributed by atoms with van der Waals surface area (Å²) in [6.07, 6.45) is 3.63. The van der Waals surface area contributed by atoms with E-state index >= 15 is 0 Å². The van der Waals surface area contributed by atoms with Gasteiger partial charge in [0.1, 0.15) is 11.8 Å². The lowest BCUT2D eigenvalue weighted by Crippen LogP contribution is -2.37. The Balaban J connectivity index is 1.87. The molecule has 0 aromatic heterocycles. The summed E-state index contributed by atoms with van der Waals surface area (Å²) < 4.78 is 5.01. The third-order valence-corrected chi connectivity index (χ3v) is 4.83. The Morgan fingerprint density at radius 1 is 1.12 bits per heavy atom. The number of ether oxygens (including phenoxy) is 1. The van der Waals surface area contributed by atoms with E-state index in [4.69, 9.17) is 4.74 Å². The zero-order valence-electron chi connectivity index (χ0n) is 14.6. The van der Waals surface area contributed by atoms with Gasteiger partial charge < -0.3 is 10.1 Å². The molecule has 0 spiro atoms. The van der Waals surface area contributed by atoms with Gasteiger partial charge in [-0.1, -0.05) is 43.2 Å². The highest BCUT2D eigenvalue weighted by atomic mass is 16.5. The minimum absolute atomic E-state index is 0.0645. The summed E-state index contributed by atoms with van der Waals surface area (Å²) in [5.74, 6) is -0.366. The molecule has 0 unspecified atom stereocenters. The van der Waals surface area contributed by atoms with Crippen LogP contribution in [0.5, 0.6) is 5.75 Å². The molecule has 132 valence electrons. The molecule has 0 bridgehead atoms. The number of anilines is 1. The van der Waals surface area contributed by atoms with Crippen molar-refractivity contribution in [1.29, 1.82) is 5.26 Å². The van der Waals surface area contributed by atoms with E-state index in [9.17, 15) is 14.9 Å². The lowest BCUT2D eigenvalue weighted by molar-refractivity contribution is -0.132. The van der Waals surface area contributed by atoms with Gasteiger partial charge in [0.05, 0.1) is 11.0 Å². The predicted molar refractivity (Wildman–Crippen MR) is 97.7 cm³/mol. The first kappa shape index (κ1) is 17.7. The van der Waals surface area contributed by atoms with Gasteiger partial charge in [-0.05, 0) is 36.6 Å². The molecule has 3 rings (SSSR count). The molecule has 0 atom stereocenters. The largest absolute Gasteiger partial charge is 0.425 e. The van der Waals surface area contributed by atoms with Gasteiger partial charge in [0.25, 0.3) is 0 Å². The second-order valence-electron chi connectivity index (χ2n) is 6.53. The molecule has 5 nitrogen and oxygen atoms in total. The summed E-state index contributed by atoms with van der Waals surface area (Å²) in [4.78, 5) is 24.2. The van der Waals surface area contributed by atoms with Crippen molar-refractivity contribution in [2.45, 2.75) is 38.0 Å². The van der Waals surface area contributed by atoms with Crippen LogP contribution in [0.2, 0.25) is 0 Å². The number of amides is 1. The van der Waals surface area contributed by atoms with Crippen LogP contribution in [0.25, 0.3) is 0 Å². The van der Waals surface area contributed by atoms with Crippen LogP contribution in [0.15, 0.2) is 48.5 Å². The number of hydrogen-bond acceptors (Lipinski definition) is 4. The Morgan fingerprint density at radius 2 is 1.81 bits per heavy atom. The number of nitriles is 1. The van der Waals surface area contributed by atoms with Crippen LogP contribution in [0.1, 0.15) is 43.7 Å². The number of hydrogen-bond donors (Lipinski definition) is 1. The van der Waals surface area contributed by atoms with Gasteiger partial charge in [0.15, 0.2) is 0 Å². The van der Waals surface area contributed by atoms with Crippen molar-refractivity contribution in [3.63, 3.8) is 0 Å². The van der Waals surface area contributed by atoms with Crippen LogP contribution in [0, 0.1) is 11.3 Å². The zero-order chi connectivity index (χ0) is 18.6. The fraction of sp³-hybridized carbons (Fsp3) is 0.286. The maximum Gasteiger partial charge on any atom is 0.308 e. The quantitative estimate of drug-likeness (QED) is 0.670. The molecule has 0 aliphatic heterocycles. The lowest BCUT2D eigenvalue weighted by Gasteiger charge is -2.28. The highest BCUT2D eigenvalue weighted by molar-refractivity contribution is 5.99. The van der Waals surface area contributed by atoms with E-state index in [0.717, 1.165) is 31.2 Å². The number of nitrogens with one attached hydrogen (secondary N) is 1. The fourth-order valence-corrected chi connectivity index (χ4v) is 3.57. The predicted octanol–water partition coefficient (Wildman–Crippen LogP) is 3.93. The number of nitrogens with zero attached hydrogens (tertiary/aromatic N) is 1. The van der Waals surface area contributed by atoms with Gasteiger partial charge in [-0.15, -0.1) is 0 Å². The lowest BCUT2D eigenvalue weighted by atomic mass is 9.78. The van der Waals surface area contributed by atoms with Gasteiger partial charge in [0.2, 0.25) is 5.91 Å². The monoisotopic (exact) mass is 348 g/mol. The first-order valence-electron chi connectivity index (χ1n) is 8.65. The van der Waals surface area contributed by atoms with E-state index in [1.807, 2.05) is 36.4 Å². The zero-order valence-corrected chi connectivity index (χ0v) is 14.6. The molecule has 5 heteroatoms. The van der Waals surface area contributed by atoms with Crippen LogP contribution < -0.4 is 10.1 Å². The Hall–Kier alpha value is -3.13. The van der Waals surface area contributed by atoms with Gasteiger partial charge in [0, 0.05) is 12.6 Å². The van der Waals surface area contributed by atoms with Crippen molar-refractivity contribution in [2.24, 2.45) is 0 Å². The molecule has 0 heterocycles. The summed E-state index contributed by atoms with van der Waals surface area (Å²) in [6.45, 7) is 1.28. The fourth-order valence-electron chi connectivity index (χ4n) is 3.57. The Bertz CT molecular complexity index is 863. The third kappa shape index (κ3) is 3.45. The first-order chi connectivity index (χ1) is 12.5. The topological polar surface area (TPSA) is 79.2 Å². The number of carbonyl (C=O) groups excluding carboxylic acids is 2. The molecule has 1 saturated carbocycles. The summed E-state index contributed by atoms with van der Waals surface area (Å²) in [6, 6.07) is 16.5. The van der Waals surface area contributed by atoms with E-state index in [2.05, 4.69) is 5.32 Å². The van der Waals surface area contributed by atoms with Crippen LogP contribution in [0.3, 0.4) is 0 Å². The Labute approximate surface area is 152 Å². The number of rotatable bonds is 4. The average molecular weight is 348 g/mol. The van der Waals surface area contributed by atoms with Crippen molar-refractivity contribution >= 4 is 17.6 Å². The molecule has 1 fully saturated rings. The van der Waals surface area contributed by atoms with E-state index < -0.39 is 11.4 Å². The van der Waals surface area contributed by atoms with E-state index in [0.29, 0.717) is 5.69 Å². The summed E-state index contributed by atoms with van der Waals surface area (Å²) in [5, 5.41) is 12.2. The van der Waals surface area contributed by atoms with Crippen LogP contribution >= 0.6 is 0 Å². The van der Waals surface area contributed by atoms with E-state index in [1.54, 1.807) is 6.07 Å². The average Bonchev–Trinajstić information content (AvgIpc) is 3.14.